The van der Waals surface area contributed by atoms with E-state index in [1.54, 1.807) is 0 Å². The lowest BCUT2D eigenvalue weighted by molar-refractivity contribution is -0.384. The Balaban J connectivity index is 2.70. The third-order valence-electron chi connectivity index (χ3n) is 2.39. The van der Waals surface area contributed by atoms with E-state index >= 15 is 0 Å². The zero-order valence-electron chi connectivity index (χ0n) is 10.8. The Morgan fingerprint density at radius 2 is 2.05 bits per heavy atom. The molecule has 1 rings (SSSR count). The van der Waals surface area contributed by atoms with Gasteiger partial charge >= 0.3 is 0 Å². The quantitative estimate of drug-likeness (QED) is 0.614. The van der Waals surface area contributed by atoms with E-state index in [0.717, 1.165) is 12.5 Å². The lowest BCUT2D eigenvalue weighted by atomic mass is 10.2. The van der Waals surface area contributed by atoms with Crippen LogP contribution in [-0.2, 0) is 4.79 Å². The van der Waals surface area contributed by atoms with Crippen molar-refractivity contribution in [2.75, 3.05) is 13.1 Å². The molecule has 0 saturated carbocycles. The molecule has 2 N–H and O–H groups in total. The average Bonchev–Trinajstić information content (AvgIpc) is 2.42. The van der Waals surface area contributed by atoms with Crippen LogP contribution in [0.2, 0.25) is 5.02 Å². The van der Waals surface area contributed by atoms with E-state index in [2.05, 4.69) is 10.6 Å². The molecule has 0 saturated heterocycles. The van der Waals surface area contributed by atoms with Gasteiger partial charge in [-0.25, -0.2) is 0 Å². The van der Waals surface area contributed by atoms with Gasteiger partial charge < -0.3 is 10.6 Å². The Labute approximate surface area is 120 Å². The number of carbonyl (C=O) groups excluding carboxylic acids is 2. The van der Waals surface area contributed by atoms with Gasteiger partial charge in [-0.1, -0.05) is 18.5 Å². The summed E-state index contributed by atoms with van der Waals surface area (Å²) in [6, 6.07) is 3.54. The van der Waals surface area contributed by atoms with Crippen LogP contribution >= 0.6 is 11.6 Å². The monoisotopic (exact) mass is 299 g/mol. The number of nitrogens with one attached hydrogen (secondary N) is 2. The number of nitro groups is 1. The molecular formula is C12H14ClN3O4. The maximum atomic E-state index is 11.8. The van der Waals surface area contributed by atoms with Crippen LogP contribution in [0.25, 0.3) is 0 Å². The molecule has 0 unspecified atom stereocenters. The Hall–Kier alpha value is -2.15. The summed E-state index contributed by atoms with van der Waals surface area (Å²) in [6.45, 7) is 2.21. The average molecular weight is 300 g/mol. The van der Waals surface area contributed by atoms with Crippen LogP contribution in [0.15, 0.2) is 18.2 Å². The van der Waals surface area contributed by atoms with E-state index in [-0.39, 0.29) is 28.7 Å². The van der Waals surface area contributed by atoms with Crippen molar-refractivity contribution in [1.29, 1.82) is 0 Å². The smallest absolute Gasteiger partial charge is 0.270 e. The predicted octanol–water partition coefficient (Wildman–Crippen LogP) is 1.50. The van der Waals surface area contributed by atoms with Crippen molar-refractivity contribution in [2.45, 2.75) is 13.3 Å². The summed E-state index contributed by atoms with van der Waals surface area (Å²) < 4.78 is 0. The van der Waals surface area contributed by atoms with Crippen LogP contribution in [0, 0.1) is 10.1 Å². The lowest BCUT2D eigenvalue weighted by Crippen LogP contribution is -2.37. The highest BCUT2D eigenvalue weighted by molar-refractivity contribution is 6.34. The van der Waals surface area contributed by atoms with Crippen molar-refractivity contribution in [1.82, 2.24) is 10.6 Å². The highest BCUT2D eigenvalue weighted by atomic mass is 35.5. The van der Waals surface area contributed by atoms with E-state index in [4.69, 9.17) is 11.6 Å². The number of rotatable bonds is 6. The second-order valence-corrected chi connectivity index (χ2v) is 4.36. The van der Waals surface area contributed by atoms with E-state index in [9.17, 15) is 19.7 Å². The Morgan fingerprint density at radius 3 is 2.65 bits per heavy atom. The van der Waals surface area contributed by atoms with Crippen LogP contribution in [0.4, 0.5) is 5.69 Å². The zero-order valence-corrected chi connectivity index (χ0v) is 11.6. The summed E-state index contributed by atoms with van der Waals surface area (Å²) in [7, 11) is 0. The topological polar surface area (TPSA) is 101 Å². The first-order chi connectivity index (χ1) is 9.45. The lowest BCUT2D eigenvalue weighted by Gasteiger charge is -2.07. The molecule has 0 radical (unpaired) electrons. The van der Waals surface area contributed by atoms with Crippen molar-refractivity contribution in [2.24, 2.45) is 0 Å². The molecule has 0 aromatic heterocycles. The summed E-state index contributed by atoms with van der Waals surface area (Å²) in [5.74, 6) is -0.966. The van der Waals surface area contributed by atoms with Crippen molar-refractivity contribution in [3.63, 3.8) is 0 Å². The largest absolute Gasteiger partial charge is 0.355 e. The third kappa shape index (κ3) is 4.51. The van der Waals surface area contributed by atoms with Gasteiger partial charge in [-0.15, -0.1) is 0 Å². The molecule has 0 atom stereocenters. The van der Waals surface area contributed by atoms with E-state index in [0.29, 0.717) is 6.54 Å². The molecule has 108 valence electrons. The molecule has 0 aliphatic heterocycles. The maximum absolute atomic E-state index is 11.8. The minimum absolute atomic E-state index is 0.0378. The van der Waals surface area contributed by atoms with Gasteiger partial charge in [0, 0.05) is 18.7 Å². The summed E-state index contributed by atoms with van der Waals surface area (Å²) in [5.41, 5.74) is -0.279. The molecule has 20 heavy (non-hydrogen) atoms. The Morgan fingerprint density at radius 1 is 1.35 bits per heavy atom. The van der Waals surface area contributed by atoms with Crippen LogP contribution in [-0.4, -0.2) is 29.8 Å². The maximum Gasteiger partial charge on any atom is 0.270 e. The van der Waals surface area contributed by atoms with Gasteiger partial charge in [-0.2, -0.15) is 0 Å². The second-order valence-electron chi connectivity index (χ2n) is 3.95. The number of benzene rings is 1. The number of nitrogens with zero attached hydrogens (tertiary/aromatic N) is 1. The number of halogens is 1. The van der Waals surface area contributed by atoms with Gasteiger partial charge in [-0.3, -0.25) is 19.7 Å². The van der Waals surface area contributed by atoms with E-state index in [1.165, 1.54) is 12.1 Å². The minimum atomic E-state index is -0.634. The second kappa shape index (κ2) is 7.44. The number of amides is 2. The normalized spacial score (nSPS) is 9.90. The Bertz CT molecular complexity index is 533. The molecule has 0 aliphatic rings. The van der Waals surface area contributed by atoms with Crippen molar-refractivity contribution in [3.05, 3.63) is 38.9 Å². The van der Waals surface area contributed by atoms with Crippen LogP contribution in [0.1, 0.15) is 23.7 Å². The zero-order chi connectivity index (χ0) is 15.1. The fourth-order valence-electron chi connectivity index (χ4n) is 1.38. The highest BCUT2D eigenvalue weighted by Gasteiger charge is 2.16. The molecule has 8 heteroatoms. The molecule has 0 heterocycles. The van der Waals surface area contributed by atoms with Crippen LogP contribution in [0.5, 0.6) is 0 Å². The first-order valence-corrected chi connectivity index (χ1v) is 6.32. The molecule has 7 nitrogen and oxygen atoms in total. The highest BCUT2D eigenvalue weighted by Crippen LogP contribution is 2.21. The standard InChI is InChI=1S/C12H14ClN3O4/c1-2-5-14-11(17)7-15-12(18)9-6-8(16(19)20)3-4-10(9)13/h3-4,6H,2,5,7H2,1H3,(H,14,17)(H,15,18). The van der Waals surface area contributed by atoms with Gasteiger partial charge in [0.1, 0.15) is 0 Å². The van der Waals surface area contributed by atoms with Crippen LogP contribution in [0.3, 0.4) is 0 Å². The van der Waals surface area contributed by atoms with Crippen LogP contribution < -0.4 is 10.6 Å². The van der Waals surface area contributed by atoms with Gasteiger partial charge in [0.05, 0.1) is 22.1 Å². The van der Waals surface area contributed by atoms with Crippen molar-refractivity contribution in [3.8, 4) is 0 Å². The SMILES string of the molecule is CCCNC(=O)CNC(=O)c1cc([N+](=O)[O-])ccc1Cl. The number of carbonyl (C=O) groups is 2. The van der Waals surface area contributed by atoms with E-state index < -0.39 is 10.8 Å². The summed E-state index contributed by atoms with van der Waals surface area (Å²) in [4.78, 5) is 33.2. The first-order valence-electron chi connectivity index (χ1n) is 5.94. The fourth-order valence-corrected chi connectivity index (χ4v) is 1.59. The first kappa shape index (κ1) is 15.9. The van der Waals surface area contributed by atoms with Crippen molar-refractivity contribution >= 4 is 29.1 Å². The van der Waals surface area contributed by atoms with Crippen molar-refractivity contribution < 1.29 is 14.5 Å². The third-order valence-corrected chi connectivity index (χ3v) is 2.72. The van der Waals surface area contributed by atoms with Gasteiger partial charge in [-0.05, 0) is 12.5 Å². The summed E-state index contributed by atoms with van der Waals surface area (Å²) in [6.07, 6.45) is 0.788. The van der Waals surface area contributed by atoms with E-state index in [1.807, 2.05) is 6.92 Å². The van der Waals surface area contributed by atoms with Gasteiger partial charge in [0.15, 0.2) is 0 Å². The predicted molar refractivity (Wildman–Crippen MR) is 73.7 cm³/mol. The molecular weight excluding hydrogens is 286 g/mol. The number of non-ortho nitro benzene ring substituents is 1. The number of hydrogen-bond acceptors (Lipinski definition) is 4. The number of nitro benzene ring substituents is 1. The molecule has 2 amide bonds. The van der Waals surface area contributed by atoms with Gasteiger partial charge in [0.25, 0.3) is 11.6 Å². The summed E-state index contributed by atoms with van der Waals surface area (Å²) in [5, 5.41) is 15.7. The molecule has 1 aromatic carbocycles. The minimum Gasteiger partial charge on any atom is -0.355 e. The summed E-state index contributed by atoms with van der Waals surface area (Å²) >= 11 is 5.81. The molecule has 0 fully saturated rings. The number of hydrogen-bond donors (Lipinski definition) is 2. The molecule has 0 spiro atoms. The Kier molecular flexibility index (Phi) is 5.92. The molecule has 1 aromatic rings. The van der Waals surface area contributed by atoms with Gasteiger partial charge in [0.2, 0.25) is 5.91 Å². The molecule has 0 aliphatic carbocycles. The fraction of sp³-hybridized carbons (Fsp3) is 0.333. The molecule has 0 bridgehead atoms.